The first-order chi connectivity index (χ1) is 13.6. The van der Waals surface area contributed by atoms with Gasteiger partial charge in [0.25, 0.3) is 5.91 Å². The van der Waals surface area contributed by atoms with Crippen molar-refractivity contribution < 1.29 is 14.3 Å². The number of ether oxygens (including phenoxy) is 1. The number of unbranched alkanes of at least 4 members (excludes halogenated alkanes) is 8. The second kappa shape index (κ2) is 12.8. The van der Waals surface area contributed by atoms with Crippen LogP contribution in [0.25, 0.3) is 0 Å². The van der Waals surface area contributed by atoms with Crippen molar-refractivity contribution >= 4 is 23.5 Å². The minimum absolute atomic E-state index is 0.187. The summed E-state index contributed by atoms with van der Waals surface area (Å²) in [5.74, 6) is -0.467. The van der Waals surface area contributed by atoms with E-state index in [1.807, 2.05) is 0 Å². The second-order valence-electron chi connectivity index (χ2n) is 7.63. The van der Waals surface area contributed by atoms with E-state index in [1.165, 1.54) is 44.9 Å². The van der Waals surface area contributed by atoms with Gasteiger partial charge in [0.1, 0.15) is 6.04 Å². The number of esters is 1. The summed E-state index contributed by atoms with van der Waals surface area (Å²) in [6.45, 7) is 3.25. The quantitative estimate of drug-likeness (QED) is 0.314. The van der Waals surface area contributed by atoms with Crippen molar-refractivity contribution in [3.63, 3.8) is 0 Å². The van der Waals surface area contributed by atoms with E-state index in [2.05, 4.69) is 6.92 Å². The lowest BCUT2D eigenvalue weighted by molar-refractivity contribution is -0.148. The Morgan fingerprint density at radius 2 is 1.68 bits per heavy atom. The second-order valence-corrected chi connectivity index (χ2v) is 8.04. The lowest BCUT2D eigenvalue weighted by Crippen LogP contribution is -2.41. The molecule has 0 radical (unpaired) electrons. The lowest BCUT2D eigenvalue weighted by atomic mass is 10.1. The predicted molar refractivity (Wildman–Crippen MR) is 114 cm³/mol. The molecular formula is C23H34ClNO3. The van der Waals surface area contributed by atoms with Crippen molar-refractivity contribution in [2.75, 3.05) is 13.2 Å². The zero-order chi connectivity index (χ0) is 20.2. The summed E-state index contributed by atoms with van der Waals surface area (Å²) in [5.41, 5.74) is 0.447. The van der Waals surface area contributed by atoms with Crippen LogP contribution in [0.4, 0.5) is 0 Å². The highest BCUT2D eigenvalue weighted by Gasteiger charge is 2.36. The molecule has 1 saturated heterocycles. The number of carbonyl (C=O) groups is 2. The standard InChI is InChI=1S/C23H34ClNO3/c1-2-3-4-5-6-7-8-9-12-18-28-23(27)21-16-13-17-25(21)22(26)19-14-10-11-15-20(19)24/h10-11,14-15,21H,2-9,12-13,16-18H2,1H3. The summed E-state index contributed by atoms with van der Waals surface area (Å²) in [7, 11) is 0. The Bertz CT molecular complexity index is 620. The van der Waals surface area contributed by atoms with E-state index in [9.17, 15) is 9.59 Å². The van der Waals surface area contributed by atoms with Gasteiger partial charge in [0.05, 0.1) is 17.2 Å². The third-order valence-corrected chi connectivity index (χ3v) is 5.71. The van der Waals surface area contributed by atoms with Crippen molar-refractivity contribution in [3.8, 4) is 0 Å². The number of nitrogens with zero attached hydrogens (tertiary/aromatic N) is 1. The maximum absolute atomic E-state index is 12.8. The van der Waals surface area contributed by atoms with Crippen LogP contribution in [0.5, 0.6) is 0 Å². The van der Waals surface area contributed by atoms with Gasteiger partial charge >= 0.3 is 5.97 Å². The van der Waals surface area contributed by atoms with E-state index < -0.39 is 6.04 Å². The van der Waals surface area contributed by atoms with Crippen molar-refractivity contribution in [1.29, 1.82) is 0 Å². The average Bonchev–Trinajstić information content (AvgIpc) is 3.19. The van der Waals surface area contributed by atoms with Crippen LogP contribution in [-0.2, 0) is 9.53 Å². The molecule has 0 saturated carbocycles. The van der Waals surface area contributed by atoms with Gasteiger partial charge in [-0.25, -0.2) is 4.79 Å². The minimum Gasteiger partial charge on any atom is -0.464 e. The van der Waals surface area contributed by atoms with Gasteiger partial charge in [-0.15, -0.1) is 0 Å². The van der Waals surface area contributed by atoms with Crippen molar-refractivity contribution in [2.45, 2.75) is 83.6 Å². The van der Waals surface area contributed by atoms with E-state index in [1.54, 1.807) is 29.2 Å². The summed E-state index contributed by atoms with van der Waals surface area (Å²) in [6.07, 6.45) is 12.5. The minimum atomic E-state index is -0.484. The largest absolute Gasteiger partial charge is 0.464 e. The highest BCUT2D eigenvalue weighted by molar-refractivity contribution is 6.33. The topological polar surface area (TPSA) is 46.6 Å². The Morgan fingerprint density at radius 3 is 2.36 bits per heavy atom. The third kappa shape index (κ3) is 7.12. The van der Waals surface area contributed by atoms with Crippen molar-refractivity contribution in [1.82, 2.24) is 4.90 Å². The first-order valence-electron chi connectivity index (χ1n) is 10.9. The molecule has 1 heterocycles. The molecule has 2 rings (SSSR count). The van der Waals surface area contributed by atoms with Gasteiger partial charge in [-0.3, -0.25) is 4.79 Å². The molecule has 1 aromatic rings. The first-order valence-corrected chi connectivity index (χ1v) is 11.2. The molecule has 1 aliphatic rings. The van der Waals surface area contributed by atoms with Crippen LogP contribution in [0.15, 0.2) is 24.3 Å². The molecule has 156 valence electrons. The number of halogens is 1. The molecule has 1 aromatic carbocycles. The van der Waals surface area contributed by atoms with E-state index in [0.717, 1.165) is 19.3 Å². The fourth-order valence-electron chi connectivity index (χ4n) is 3.73. The molecule has 1 atom stereocenters. The van der Waals surface area contributed by atoms with Gasteiger partial charge in [0.15, 0.2) is 0 Å². The van der Waals surface area contributed by atoms with Crippen LogP contribution in [0.1, 0.15) is 87.9 Å². The summed E-state index contributed by atoms with van der Waals surface area (Å²) >= 11 is 6.14. The van der Waals surface area contributed by atoms with E-state index in [-0.39, 0.29) is 11.9 Å². The molecule has 4 nitrogen and oxygen atoms in total. The van der Waals surface area contributed by atoms with Crippen LogP contribution in [0.3, 0.4) is 0 Å². The Hall–Kier alpha value is -1.55. The molecule has 1 aliphatic heterocycles. The van der Waals surface area contributed by atoms with Crippen LogP contribution >= 0.6 is 11.6 Å². The zero-order valence-corrected chi connectivity index (χ0v) is 17.9. The monoisotopic (exact) mass is 407 g/mol. The van der Waals surface area contributed by atoms with Crippen molar-refractivity contribution in [3.05, 3.63) is 34.9 Å². The third-order valence-electron chi connectivity index (χ3n) is 5.38. The van der Waals surface area contributed by atoms with Gasteiger partial charge in [-0.2, -0.15) is 0 Å². The Labute approximate surface area is 174 Å². The zero-order valence-electron chi connectivity index (χ0n) is 17.1. The van der Waals surface area contributed by atoms with Crippen LogP contribution < -0.4 is 0 Å². The molecule has 0 bridgehead atoms. The Balaban J connectivity index is 1.66. The van der Waals surface area contributed by atoms with Crippen molar-refractivity contribution in [2.24, 2.45) is 0 Å². The molecule has 5 heteroatoms. The van der Waals surface area contributed by atoms with Gasteiger partial charge in [0, 0.05) is 6.54 Å². The number of rotatable bonds is 12. The molecule has 0 N–H and O–H groups in total. The first kappa shape index (κ1) is 22.7. The van der Waals surface area contributed by atoms with Gasteiger partial charge in [-0.1, -0.05) is 82.0 Å². The van der Waals surface area contributed by atoms with E-state index in [0.29, 0.717) is 30.2 Å². The number of carbonyl (C=O) groups excluding carboxylic acids is 2. The number of hydrogen-bond donors (Lipinski definition) is 0. The molecule has 0 aliphatic carbocycles. The maximum atomic E-state index is 12.8. The summed E-state index contributed by atoms with van der Waals surface area (Å²) in [6, 6.07) is 6.49. The number of hydrogen-bond acceptors (Lipinski definition) is 3. The molecule has 1 amide bonds. The summed E-state index contributed by atoms with van der Waals surface area (Å²) in [4.78, 5) is 26.8. The Morgan fingerprint density at radius 1 is 1.04 bits per heavy atom. The molecule has 1 unspecified atom stereocenters. The fraction of sp³-hybridized carbons (Fsp3) is 0.652. The molecule has 0 aromatic heterocycles. The van der Waals surface area contributed by atoms with Gasteiger partial charge < -0.3 is 9.64 Å². The number of amides is 1. The maximum Gasteiger partial charge on any atom is 0.328 e. The molecule has 28 heavy (non-hydrogen) atoms. The van der Waals surface area contributed by atoms with Crippen LogP contribution in [0.2, 0.25) is 5.02 Å². The fourth-order valence-corrected chi connectivity index (χ4v) is 3.94. The molecule has 0 spiro atoms. The Kier molecular flexibility index (Phi) is 10.4. The average molecular weight is 408 g/mol. The van der Waals surface area contributed by atoms with Crippen LogP contribution in [0, 0.1) is 0 Å². The highest BCUT2D eigenvalue weighted by atomic mass is 35.5. The smallest absolute Gasteiger partial charge is 0.328 e. The highest BCUT2D eigenvalue weighted by Crippen LogP contribution is 2.24. The van der Waals surface area contributed by atoms with Gasteiger partial charge in [-0.05, 0) is 31.4 Å². The number of likely N-dealkylation sites (tertiary alicyclic amines) is 1. The normalized spacial score (nSPS) is 16.4. The van der Waals surface area contributed by atoms with E-state index in [4.69, 9.17) is 16.3 Å². The molecular weight excluding hydrogens is 374 g/mol. The summed E-state index contributed by atoms with van der Waals surface area (Å²) < 4.78 is 5.47. The number of benzene rings is 1. The SMILES string of the molecule is CCCCCCCCCCCOC(=O)C1CCCN1C(=O)c1ccccc1Cl. The van der Waals surface area contributed by atoms with Crippen LogP contribution in [-0.4, -0.2) is 36.0 Å². The molecule has 1 fully saturated rings. The summed E-state index contributed by atoms with van der Waals surface area (Å²) in [5, 5.41) is 0.418. The lowest BCUT2D eigenvalue weighted by Gasteiger charge is -2.23. The predicted octanol–water partition coefficient (Wildman–Crippen LogP) is 6.02. The van der Waals surface area contributed by atoms with Gasteiger partial charge in [0.2, 0.25) is 0 Å². The van der Waals surface area contributed by atoms with E-state index >= 15 is 0 Å².